The van der Waals surface area contributed by atoms with Crippen LogP contribution in [-0.4, -0.2) is 53.2 Å². The van der Waals surface area contributed by atoms with E-state index in [0.717, 1.165) is 59.8 Å². The molecular weight excluding hydrogens is 484 g/mol. The van der Waals surface area contributed by atoms with Crippen LogP contribution in [0, 0.1) is 17.8 Å². The number of nitrogens with two attached hydrogens (primary N) is 1. The summed E-state index contributed by atoms with van der Waals surface area (Å²) in [5.74, 6) is 0.774. The van der Waals surface area contributed by atoms with Crippen LogP contribution in [0.1, 0.15) is 6.42 Å². The molecule has 1 aliphatic heterocycles. The summed E-state index contributed by atoms with van der Waals surface area (Å²) in [4.78, 5) is 27.2. The molecule has 3 heterocycles. The minimum atomic E-state index is -0.256. The van der Waals surface area contributed by atoms with Crippen molar-refractivity contribution in [3.05, 3.63) is 47.1 Å². The summed E-state index contributed by atoms with van der Waals surface area (Å²) in [6.45, 7) is 3.33. The highest BCUT2D eigenvalue weighted by atomic mass is 79.9. The van der Waals surface area contributed by atoms with Gasteiger partial charge in [-0.15, -0.1) is 0 Å². The predicted molar refractivity (Wildman–Crippen MR) is 131 cm³/mol. The molecule has 2 aliphatic carbocycles. The van der Waals surface area contributed by atoms with Gasteiger partial charge in [0.25, 0.3) is 0 Å². The molecule has 1 aromatic carbocycles. The number of benzene rings is 1. The second-order valence-corrected chi connectivity index (χ2v) is 9.81. The molecule has 3 aliphatic rings. The number of fused-ring (bicyclic) bond motifs is 3. The maximum absolute atomic E-state index is 12.2. The van der Waals surface area contributed by atoms with Crippen molar-refractivity contribution in [3.63, 3.8) is 0 Å². The summed E-state index contributed by atoms with van der Waals surface area (Å²) in [5.41, 5.74) is 10.2. The number of anilines is 2. The number of aromatic nitrogens is 3. The third-order valence-corrected chi connectivity index (χ3v) is 7.68. The fourth-order valence-corrected chi connectivity index (χ4v) is 5.83. The van der Waals surface area contributed by atoms with E-state index in [1.807, 2.05) is 0 Å². The summed E-state index contributed by atoms with van der Waals surface area (Å²) >= 11 is 3.63. The number of H-pyrrole nitrogens is 1. The third kappa shape index (κ3) is 3.59. The summed E-state index contributed by atoms with van der Waals surface area (Å²) in [6, 6.07) is 8.35. The maximum Gasteiger partial charge on any atom is 0.223 e. The molecule has 2 bridgehead atoms. The van der Waals surface area contributed by atoms with E-state index in [9.17, 15) is 4.79 Å². The van der Waals surface area contributed by atoms with E-state index in [1.165, 1.54) is 5.69 Å². The number of halogens is 1. The normalized spacial score (nSPS) is 26.3. The van der Waals surface area contributed by atoms with Crippen molar-refractivity contribution >= 4 is 44.4 Å². The van der Waals surface area contributed by atoms with Gasteiger partial charge in [-0.3, -0.25) is 4.79 Å². The maximum atomic E-state index is 12.2. The number of ether oxygens (including phenoxy) is 1. The van der Waals surface area contributed by atoms with Gasteiger partial charge in [0.05, 0.1) is 29.3 Å². The van der Waals surface area contributed by atoms with Crippen LogP contribution in [0.2, 0.25) is 0 Å². The molecule has 4 atom stereocenters. The van der Waals surface area contributed by atoms with Crippen LogP contribution in [0.25, 0.3) is 22.6 Å². The van der Waals surface area contributed by atoms with E-state index < -0.39 is 0 Å². The van der Waals surface area contributed by atoms with Crippen LogP contribution in [0.3, 0.4) is 0 Å². The summed E-state index contributed by atoms with van der Waals surface area (Å²) in [6.07, 6.45) is 7.04. The number of carbonyl (C=O) groups is 1. The molecule has 2 fully saturated rings. The quantitative estimate of drug-likeness (QED) is 0.456. The van der Waals surface area contributed by atoms with Gasteiger partial charge in [0.2, 0.25) is 5.91 Å². The summed E-state index contributed by atoms with van der Waals surface area (Å²) in [7, 11) is 0. The summed E-state index contributed by atoms with van der Waals surface area (Å²) < 4.78 is 6.26. The van der Waals surface area contributed by atoms with Crippen LogP contribution in [0.5, 0.6) is 0 Å². The van der Waals surface area contributed by atoms with Gasteiger partial charge in [0.1, 0.15) is 11.3 Å². The van der Waals surface area contributed by atoms with Crippen molar-refractivity contribution < 1.29 is 9.53 Å². The standard InChI is InChI=1S/C24H25BrN6O2/c25-17-12-27-24-21(20(17)28-19-15-2-1-14(11-15)18(19)22(26)32)29-23(30-24)13-3-5-16(6-4-13)31-7-9-33-10-8-31/h1-6,12,14-15,18-19H,7-11H2,(H2,26,32)(H2,27,28,29,30)/t14-,15+,18+,19-/m1/s1. The lowest BCUT2D eigenvalue weighted by molar-refractivity contribution is -0.122. The monoisotopic (exact) mass is 508 g/mol. The van der Waals surface area contributed by atoms with Crippen molar-refractivity contribution in [2.45, 2.75) is 12.5 Å². The number of allylic oxidation sites excluding steroid dienone is 1. The zero-order valence-electron chi connectivity index (χ0n) is 18.0. The van der Waals surface area contributed by atoms with Crippen LogP contribution in [0.4, 0.5) is 11.4 Å². The molecule has 0 unspecified atom stereocenters. The fourth-order valence-electron chi connectivity index (χ4n) is 5.43. The van der Waals surface area contributed by atoms with Gasteiger partial charge in [0, 0.05) is 36.6 Å². The zero-order chi connectivity index (χ0) is 22.5. The number of imidazole rings is 1. The van der Waals surface area contributed by atoms with Crippen molar-refractivity contribution in [1.82, 2.24) is 15.0 Å². The van der Waals surface area contributed by atoms with E-state index in [0.29, 0.717) is 5.65 Å². The van der Waals surface area contributed by atoms with Crippen LogP contribution >= 0.6 is 15.9 Å². The minimum Gasteiger partial charge on any atom is -0.378 e. The molecule has 3 aromatic rings. The Kier molecular flexibility index (Phi) is 5.10. The number of amides is 1. The molecule has 8 nitrogen and oxygen atoms in total. The van der Waals surface area contributed by atoms with Gasteiger partial charge < -0.3 is 25.7 Å². The first-order valence-corrected chi connectivity index (χ1v) is 12.1. The molecule has 6 rings (SSSR count). The first kappa shape index (κ1) is 20.7. The molecule has 0 spiro atoms. The Hall–Kier alpha value is -2.91. The van der Waals surface area contributed by atoms with E-state index in [2.05, 4.69) is 72.5 Å². The number of nitrogens with one attached hydrogen (secondary N) is 2. The number of aromatic amines is 1. The number of hydrogen-bond acceptors (Lipinski definition) is 6. The fraction of sp³-hybridized carbons (Fsp3) is 0.375. The van der Waals surface area contributed by atoms with E-state index in [-0.39, 0.29) is 29.7 Å². The van der Waals surface area contributed by atoms with Crippen molar-refractivity contribution in [2.24, 2.45) is 23.5 Å². The van der Waals surface area contributed by atoms with Crippen molar-refractivity contribution in [1.29, 1.82) is 0 Å². The second kappa shape index (κ2) is 8.14. The lowest BCUT2D eigenvalue weighted by Crippen LogP contribution is -2.41. The highest BCUT2D eigenvalue weighted by molar-refractivity contribution is 9.10. The predicted octanol–water partition coefficient (Wildman–Crippen LogP) is 3.31. The molecule has 2 aromatic heterocycles. The molecular formula is C24H25BrN6O2. The van der Waals surface area contributed by atoms with Gasteiger partial charge in [-0.1, -0.05) is 12.2 Å². The van der Waals surface area contributed by atoms with Gasteiger partial charge in [0.15, 0.2) is 5.65 Å². The Morgan fingerprint density at radius 2 is 1.94 bits per heavy atom. The molecule has 1 saturated heterocycles. The minimum absolute atomic E-state index is 0.0487. The van der Waals surface area contributed by atoms with Crippen LogP contribution < -0.4 is 16.0 Å². The highest BCUT2D eigenvalue weighted by Crippen LogP contribution is 2.46. The van der Waals surface area contributed by atoms with Gasteiger partial charge in [-0.25, -0.2) is 9.97 Å². The molecule has 4 N–H and O–H groups in total. The SMILES string of the molecule is NC(=O)[C@@H]1[C@H](Nc2c(Br)cnc3[nH]c(-c4ccc(N5CCOCC5)cc4)nc23)[C@H]2C=C[C@@H]1C2. The second-order valence-electron chi connectivity index (χ2n) is 8.96. The third-order valence-electron chi connectivity index (χ3n) is 7.08. The molecule has 170 valence electrons. The number of pyridine rings is 1. The number of nitrogens with zero attached hydrogens (tertiary/aromatic N) is 3. The molecule has 33 heavy (non-hydrogen) atoms. The van der Waals surface area contributed by atoms with Gasteiger partial charge in [-0.05, 0) is 58.5 Å². The smallest absolute Gasteiger partial charge is 0.223 e. The van der Waals surface area contributed by atoms with Gasteiger partial charge in [-0.2, -0.15) is 0 Å². The number of primary amides is 1. The average molecular weight is 509 g/mol. The first-order chi connectivity index (χ1) is 16.1. The Morgan fingerprint density at radius 1 is 1.18 bits per heavy atom. The highest BCUT2D eigenvalue weighted by Gasteiger charge is 2.47. The number of rotatable bonds is 5. The summed E-state index contributed by atoms with van der Waals surface area (Å²) in [5, 5.41) is 3.59. The Labute approximate surface area is 199 Å². The first-order valence-electron chi connectivity index (χ1n) is 11.3. The molecule has 9 heteroatoms. The number of morpholine rings is 1. The van der Waals surface area contributed by atoms with Crippen molar-refractivity contribution in [3.8, 4) is 11.4 Å². The Balaban J connectivity index is 1.31. The number of carbonyl (C=O) groups excluding carboxylic acids is 1. The zero-order valence-corrected chi connectivity index (χ0v) is 19.6. The van der Waals surface area contributed by atoms with Crippen LogP contribution in [0.15, 0.2) is 47.1 Å². The largest absolute Gasteiger partial charge is 0.378 e. The average Bonchev–Trinajstić information content (AvgIpc) is 3.56. The lowest BCUT2D eigenvalue weighted by Gasteiger charge is -2.28. The molecule has 1 saturated carbocycles. The molecule has 1 amide bonds. The lowest BCUT2D eigenvalue weighted by atomic mass is 9.88. The number of hydrogen-bond donors (Lipinski definition) is 3. The van der Waals surface area contributed by atoms with Gasteiger partial charge >= 0.3 is 0 Å². The Bertz CT molecular complexity index is 1230. The topological polar surface area (TPSA) is 109 Å². The van der Waals surface area contributed by atoms with E-state index in [1.54, 1.807) is 6.20 Å². The molecule has 0 radical (unpaired) electrons. The van der Waals surface area contributed by atoms with E-state index >= 15 is 0 Å². The van der Waals surface area contributed by atoms with E-state index in [4.69, 9.17) is 15.5 Å². The Morgan fingerprint density at radius 3 is 2.70 bits per heavy atom. The van der Waals surface area contributed by atoms with Crippen molar-refractivity contribution in [2.75, 3.05) is 36.5 Å². The van der Waals surface area contributed by atoms with Crippen LogP contribution in [-0.2, 0) is 9.53 Å².